The van der Waals surface area contributed by atoms with Gasteiger partial charge in [0.25, 0.3) is 0 Å². The molecule has 0 saturated carbocycles. The highest BCUT2D eigenvalue weighted by atomic mass is 16.6. The lowest BCUT2D eigenvalue weighted by Crippen LogP contribution is -2.48. The Kier molecular flexibility index (Phi) is 5.43. The van der Waals surface area contributed by atoms with Crippen LogP contribution in [0.25, 0.3) is 0 Å². The number of alkyl carbamates (subject to hydrolysis) is 1. The van der Waals surface area contributed by atoms with Gasteiger partial charge in [-0.05, 0) is 41.5 Å². The molecule has 0 fully saturated rings. The maximum absolute atomic E-state index is 11.9. The molecular weight excluding hydrogens is 288 g/mol. The number of methoxy groups -OCH3 is 1. The molecule has 0 aromatic rings. The van der Waals surface area contributed by atoms with E-state index < -0.39 is 29.1 Å². The molecule has 0 saturated heterocycles. The molecule has 22 heavy (non-hydrogen) atoms. The molecule has 1 amide bonds. The molecule has 7 nitrogen and oxygen atoms in total. The molecule has 0 aromatic carbocycles. The van der Waals surface area contributed by atoms with Crippen molar-refractivity contribution in [2.45, 2.75) is 59.2 Å². The minimum Gasteiger partial charge on any atom is -0.478 e. The molecule has 2 atom stereocenters. The smallest absolute Gasteiger partial charge is 0.407 e. The van der Waals surface area contributed by atoms with Crippen molar-refractivity contribution >= 4 is 18.0 Å². The zero-order valence-electron chi connectivity index (χ0n) is 14.4. The lowest BCUT2D eigenvalue weighted by molar-refractivity contribution is -0.142. The Labute approximate surface area is 131 Å². The third kappa shape index (κ3) is 4.61. The predicted octanol–water partition coefficient (Wildman–Crippen LogP) is 1.90. The molecule has 1 aliphatic rings. The van der Waals surface area contributed by atoms with E-state index in [1.165, 1.54) is 7.11 Å². The predicted molar refractivity (Wildman–Crippen MR) is 81.8 cm³/mol. The van der Waals surface area contributed by atoms with Crippen molar-refractivity contribution in [1.82, 2.24) is 5.32 Å². The van der Waals surface area contributed by atoms with Crippen LogP contribution in [-0.2, 0) is 19.0 Å². The third-order valence-electron chi connectivity index (χ3n) is 3.49. The average molecular weight is 314 g/mol. The molecule has 0 spiro atoms. The monoisotopic (exact) mass is 314 g/mol. The van der Waals surface area contributed by atoms with Crippen molar-refractivity contribution in [2.24, 2.45) is 10.4 Å². The van der Waals surface area contributed by atoms with Gasteiger partial charge in [-0.2, -0.15) is 0 Å². The van der Waals surface area contributed by atoms with Gasteiger partial charge in [-0.25, -0.2) is 14.6 Å². The van der Waals surface area contributed by atoms with Gasteiger partial charge in [0.1, 0.15) is 12.2 Å². The molecule has 1 heterocycles. The quantitative estimate of drug-likeness (QED) is 0.801. The zero-order chi connectivity index (χ0) is 17.1. The van der Waals surface area contributed by atoms with E-state index in [0.717, 1.165) is 0 Å². The Balaban J connectivity index is 2.73. The first-order chi connectivity index (χ1) is 9.97. The number of ether oxygens (including phenoxy) is 3. The number of carbonyl (C=O) groups is 2. The van der Waals surface area contributed by atoms with E-state index in [0.29, 0.717) is 5.90 Å². The SMILES string of the molecule is COC(=O)C1COC(C(C)(C)C(C)NC(=O)OC(C)(C)C)=N1. The van der Waals surface area contributed by atoms with Crippen LogP contribution >= 0.6 is 0 Å². The fourth-order valence-electron chi connectivity index (χ4n) is 1.83. The van der Waals surface area contributed by atoms with Crippen LogP contribution in [0.4, 0.5) is 4.79 Å². The summed E-state index contributed by atoms with van der Waals surface area (Å²) in [6.07, 6.45) is -0.504. The summed E-state index contributed by atoms with van der Waals surface area (Å²) in [6.45, 7) is 11.2. The number of rotatable bonds is 4. The zero-order valence-corrected chi connectivity index (χ0v) is 14.4. The van der Waals surface area contributed by atoms with Crippen LogP contribution in [0, 0.1) is 5.41 Å². The summed E-state index contributed by atoms with van der Waals surface area (Å²) in [7, 11) is 1.31. The molecule has 1 rings (SSSR count). The van der Waals surface area contributed by atoms with Crippen LogP contribution in [0.1, 0.15) is 41.5 Å². The Morgan fingerprint density at radius 2 is 1.91 bits per heavy atom. The van der Waals surface area contributed by atoms with E-state index in [4.69, 9.17) is 9.47 Å². The second-order valence-electron chi connectivity index (χ2n) is 6.87. The maximum Gasteiger partial charge on any atom is 0.407 e. The van der Waals surface area contributed by atoms with Gasteiger partial charge in [0, 0.05) is 6.04 Å². The standard InChI is InChI=1S/C15H26N2O5/c1-9(16-13(19)22-14(2,3)4)15(5,6)12-17-10(8-21-12)11(18)20-7/h9-10H,8H2,1-7H3,(H,16,19). The first-order valence-corrected chi connectivity index (χ1v) is 7.26. The number of nitrogens with one attached hydrogen (secondary N) is 1. The molecule has 0 bridgehead atoms. The Bertz CT molecular complexity index is 465. The van der Waals surface area contributed by atoms with Crippen LogP contribution in [0.3, 0.4) is 0 Å². The molecule has 1 aliphatic heterocycles. The number of carbonyl (C=O) groups excluding carboxylic acids is 2. The summed E-state index contributed by atoms with van der Waals surface area (Å²) < 4.78 is 15.4. The van der Waals surface area contributed by atoms with Crippen molar-refractivity contribution in [3.05, 3.63) is 0 Å². The van der Waals surface area contributed by atoms with Crippen molar-refractivity contribution in [3.8, 4) is 0 Å². The highest BCUT2D eigenvalue weighted by molar-refractivity contribution is 5.89. The average Bonchev–Trinajstić information content (AvgIpc) is 2.85. The van der Waals surface area contributed by atoms with E-state index in [1.807, 2.05) is 20.8 Å². The Morgan fingerprint density at radius 3 is 2.41 bits per heavy atom. The van der Waals surface area contributed by atoms with E-state index in [9.17, 15) is 9.59 Å². The molecular formula is C15H26N2O5. The van der Waals surface area contributed by atoms with Gasteiger partial charge < -0.3 is 19.5 Å². The summed E-state index contributed by atoms with van der Waals surface area (Å²) in [5.74, 6) is -0.00925. The van der Waals surface area contributed by atoms with Gasteiger partial charge in [-0.1, -0.05) is 0 Å². The molecule has 7 heteroatoms. The second-order valence-corrected chi connectivity index (χ2v) is 6.87. The summed E-state index contributed by atoms with van der Waals surface area (Å²) in [5.41, 5.74) is -1.15. The molecule has 0 aliphatic carbocycles. The molecule has 126 valence electrons. The van der Waals surface area contributed by atoms with Crippen molar-refractivity contribution < 1.29 is 23.8 Å². The van der Waals surface area contributed by atoms with Crippen molar-refractivity contribution in [2.75, 3.05) is 13.7 Å². The van der Waals surface area contributed by atoms with Crippen LogP contribution in [-0.4, -0.2) is 49.4 Å². The lowest BCUT2D eigenvalue weighted by Gasteiger charge is -2.32. The van der Waals surface area contributed by atoms with Gasteiger partial charge in [0.2, 0.25) is 0 Å². The van der Waals surface area contributed by atoms with Crippen LogP contribution < -0.4 is 5.32 Å². The maximum atomic E-state index is 11.9. The Morgan fingerprint density at radius 1 is 1.32 bits per heavy atom. The molecule has 0 aromatic heterocycles. The number of aliphatic imine (C=N–C) groups is 1. The van der Waals surface area contributed by atoms with Crippen LogP contribution in [0.2, 0.25) is 0 Å². The number of nitrogens with zero attached hydrogens (tertiary/aromatic N) is 1. The number of hydrogen-bond acceptors (Lipinski definition) is 6. The fraction of sp³-hybridized carbons (Fsp3) is 0.800. The normalized spacial score (nSPS) is 19.8. The molecule has 1 N–H and O–H groups in total. The third-order valence-corrected chi connectivity index (χ3v) is 3.49. The first-order valence-electron chi connectivity index (χ1n) is 7.26. The van der Waals surface area contributed by atoms with Gasteiger partial charge >= 0.3 is 12.1 Å². The van der Waals surface area contributed by atoms with Gasteiger partial charge in [0.15, 0.2) is 11.9 Å². The van der Waals surface area contributed by atoms with Crippen molar-refractivity contribution in [3.63, 3.8) is 0 Å². The second kappa shape index (κ2) is 6.54. The summed E-state index contributed by atoms with van der Waals surface area (Å²) in [4.78, 5) is 27.6. The minimum atomic E-state index is -0.645. The first kappa shape index (κ1) is 18.3. The van der Waals surface area contributed by atoms with Gasteiger partial charge in [0.05, 0.1) is 12.5 Å². The number of esters is 1. The van der Waals surface area contributed by atoms with Crippen LogP contribution in [0.5, 0.6) is 0 Å². The van der Waals surface area contributed by atoms with E-state index in [-0.39, 0.29) is 12.6 Å². The van der Waals surface area contributed by atoms with Crippen molar-refractivity contribution in [1.29, 1.82) is 0 Å². The fourth-order valence-corrected chi connectivity index (χ4v) is 1.83. The number of amides is 1. The van der Waals surface area contributed by atoms with E-state index >= 15 is 0 Å². The molecule has 2 unspecified atom stereocenters. The van der Waals surface area contributed by atoms with E-state index in [2.05, 4.69) is 15.0 Å². The largest absolute Gasteiger partial charge is 0.478 e. The van der Waals surface area contributed by atoms with Gasteiger partial charge in [-0.3, -0.25) is 0 Å². The summed E-state index contributed by atoms with van der Waals surface area (Å²) in [6, 6.07) is -0.939. The van der Waals surface area contributed by atoms with Crippen LogP contribution in [0.15, 0.2) is 4.99 Å². The van der Waals surface area contributed by atoms with E-state index in [1.54, 1.807) is 20.8 Å². The molecule has 0 radical (unpaired) electrons. The minimum absolute atomic E-state index is 0.157. The highest BCUT2D eigenvalue weighted by Gasteiger charge is 2.40. The van der Waals surface area contributed by atoms with Gasteiger partial charge in [-0.15, -0.1) is 0 Å². The Hall–Kier alpha value is -1.79. The lowest BCUT2D eigenvalue weighted by atomic mass is 9.85. The highest BCUT2D eigenvalue weighted by Crippen LogP contribution is 2.27. The summed E-state index contributed by atoms with van der Waals surface area (Å²) in [5, 5.41) is 2.77. The number of hydrogen-bond donors (Lipinski definition) is 1. The topological polar surface area (TPSA) is 86.2 Å². The summed E-state index contributed by atoms with van der Waals surface area (Å²) >= 11 is 0.